The average Bonchev–Trinajstić information content (AvgIpc) is 2.88. The Bertz CT molecular complexity index is 515. The van der Waals surface area contributed by atoms with Gasteiger partial charge in [-0.25, -0.2) is 0 Å². The maximum atomic E-state index is 12.7. The van der Waals surface area contributed by atoms with E-state index >= 15 is 0 Å². The summed E-state index contributed by atoms with van der Waals surface area (Å²) in [5.41, 5.74) is 4.90. The van der Waals surface area contributed by atoms with Crippen molar-refractivity contribution in [2.24, 2.45) is 23.2 Å². The van der Waals surface area contributed by atoms with Gasteiger partial charge in [-0.3, -0.25) is 25.2 Å². The van der Waals surface area contributed by atoms with E-state index in [-0.39, 0.29) is 29.7 Å². The predicted octanol–water partition coefficient (Wildman–Crippen LogP) is 0.883. The van der Waals surface area contributed by atoms with Gasteiger partial charge in [-0.05, 0) is 56.3 Å². The van der Waals surface area contributed by atoms with E-state index in [1.807, 2.05) is 0 Å². The molecule has 0 aromatic carbocycles. The van der Waals surface area contributed by atoms with E-state index in [1.54, 1.807) is 0 Å². The van der Waals surface area contributed by atoms with E-state index in [0.29, 0.717) is 29.4 Å². The van der Waals surface area contributed by atoms with Crippen LogP contribution in [0.4, 0.5) is 0 Å². The van der Waals surface area contributed by atoms with Crippen LogP contribution in [0.2, 0.25) is 0 Å². The number of nitrogens with zero attached hydrogens (tertiary/aromatic N) is 1. The molecule has 0 radical (unpaired) electrons. The second kappa shape index (κ2) is 5.69. The van der Waals surface area contributed by atoms with E-state index in [2.05, 4.69) is 10.9 Å². The van der Waals surface area contributed by atoms with Crippen molar-refractivity contribution in [2.75, 3.05) is 18.2 Å². The van der Waals surface area contributed by atoms with E-state index in [1.165, 1.54) is 35.9 Å². The number of hydrazine groups is 1. The van der Waals surface area contributed by atoms with Crippen LogP contribution in [0.3, 0.4) is 0 Å². The Kier molecular flexibility index (Phi) is 3.78. The van der Waals surface area contributed by atoms with Gasteiger partial charge in [0, 0.05) is 0 Å². The summed E-state index contributed by atoms with van der Waals surface area (Å²) in [4.78, 5) is 37.7. The van der Waals surface area contributed by atoms with E-state index < -0.39 is 0 Å². The maximum Gasteiger partial charge on any atom is 0.258 e. The number of carbonyl (C=O) groups excluding carboxylic acids is 3. The molecule has 5 aliphatic rings. The Morgan fingerprint density at radius 1 is 1.09 bits per heavy atom. The molecule has 0 unspecified atom stereocenters. The van der Waals surface area contributed by atoms with Gasteiger partial charge in [0.25, 0.3) is 5.91 Å². The molecule has 7 heteroatoms. The number of hydrogen-bond donors (Lipinski definition) is 2. The van der Waals surface area contributed by atoms with Crippen molar-refractivity contribution in [3.63, 3.8) is 0 Å². The van der Waals surface area contributed by atoms with Gasteiger partial charge in [0.05, 0.1) is 17.0 Å². The van der Waals surface area contributed by atoms with Crippen LogP contribution in [-0.2, 0) is 14.4 Å². The first kappa shape index (κ1) is 15.3. The van der Waals surface area contributed by atoms with Crippen LogP contribution in [-0.4, -0.2) is 40.8 Å². The Morgan fingerprint density at radius 3 is 2.22 bits per heavy atom. The summed E-state index contributed by atoms with van der Waals surface area (Å²) in [6.45, 7) is 0.0208. The lowest BCUT2D eigenvalue weighted by Gasteiger charge is -2.55. The van der Waals surface area contributed by atoms with Gasteiger partial charge in [-0.15, -0.1) is 11.8 Å². The topological polar surface area (TPSA) is 78.5 Å². The maximum absolute atomic E-state index is 12.7. The van der Waals surface area contributed by atoms with Crippen molar-refractivity contribution < 1.29 is 14.4 Å². The molecule has 5 fully saturated rings. The summed E-state index contributed by atoms with van der Waals surface area (Å²) in [5, 5.41) is 0. The third kappa shape index (κ3) is 2.84. The number of rotatable bonds is 3. The molecule has 1 heterocycles. The fourth-order valence-corrected chi connectivity index (χ4v) is 6.31. The van der Waals surface area contributed by atoms with Crippen LogP contribution in [0.25, 0.3) is 0 Å². The highest BCUT2D eigenvalue weighted by atomic mass is 32.2. The second-order valence-corrected chi connectivity index (χ2v) is 8.72. The van der Waals surface area contributed by atoms with Gasteiger partial charge in [0.1, 0.15) is 6.54 Å². The van der Waals surface area contributed by atoms with Crippen molar-refractivity contribution in [1.82, 2.24) is 15.8 Å². The van der Waals surface area contributed by atoms with E-state index in [4.69, 9.17) is 0 Å². The lowest BCUT2D eigenvalue weighted by atomic mass is 9.49. The minimum Gasteiger partial charge on any atom is -0.323 e. The molecule has 0 spiro atoms. The van der Waals surface area contributed by atoms with Crippen LogP contribution in [0, 0.1) is 23.2 Å². The number of nitrogens with one attached hydrogen (secondary N) is 2. The number of thioether (sulfide) groups is 1. The minimum absolute atomic E-state index is 0.0161. The largest absolute Gasteiger partial charge is 0.323 e. The Morgan fingerprint density at radius 2 is 1.70 bits per heavy atom. The number of carbonyl (C=O) groups is 3. The van der Waals surface area contributed by atoms with Gasteiger partial charge in [-0.1, -0.05) is 0 Å². The van der Waals surface area contributed by atoms with Crippen LogP contribution in [0.5, 0.6) is 0 Å². The van der Waals surface area contributed by atoms with Crippen molar-refractivity contribution >= 4 is 29.5 Å². The predicted molar refractivity (Wildman–Crippen MR) is 85.9 cm³/mol. The first-order valence-corrected chi connectivity index (χ1v) is 9.64. The van der Waals surface area contributed by atoms with Crippen molar-refractivity contribution in [2.45, 2.75) is 38.5 Å². The smallest absolute Gasteiger partial charge is 0.258 e. The van der Waals surface area contributed by atoms with E-state index in [9.17, 15) is 14.4 Å². The van der Waals surface area contributed by atoms with Gasteiger partial charge >= 0.3 is 0 Å². The fourth-order valence-electron chi connectivity index (χ4n) is 5.40. The molecule has 5 rings (SSSR count). The molecule has 126 valence electrons. The second-order valence-electron chi connectivity index (χ2n) is 7.77. The lowest BCUT2D eigenvalue weighted by molar-refractivity contribution is -0.149. The molecule has 6 nitrogen and oxygen atoms in total. The Labute approximate surface area is 140 Å². The third-order valence-corrected chi connectivity index (χ3v) is 6.94. The molecule has 3 amide bonds. The van der Waals surface area contributed by atoms with Crippen LogP contribution in [0.15, 0.2) is 0 Å². The zero-order valence-corrected chi connectivity index (χ0v) is 14.0. The quantitative estimate of drug-likeness (QED) is 0.750. The van der Waals surface area contributed by atoms with Crippen LogP contribution in [0.1, 0.15) is 38.5 Å². The van der Waals surface area contributed by atoms with E-state index in [0.717, 1.165) is 19.3 Å². The normalized spacial score (nSPS) is 38.0. The summed E-state index contributed by atoms with van der Waals surface area (Å²) < 4.78 is 0. The molecule has 4 bridgehead atoms. The molecular weight excluding hydrogens is 314 g/mol. The number of amides is 3. The first-order valence-electron chi connectivity index (χ1n) is 8.49. The molecule has 1 aliphatic heterocycles. The highest BCUT2D eigenvalue weighted by molar-refractivity contribution is 8.00. The van der Waals surface area contributed by atoms with Gasteiger partial charge < -0.3 is 4.90 Å². The lowest BCUT2D eigenvalue weighted by Crippen LogP contribution is -2.57. The fraction of sp³-hybridized carbons (Fsp3) is 0.812. The molecule has 2 N–H and O–H groups in total. The molecule has 23 heavy (non-hydrogen) atoms. The van der Waals surface area contributed by atoms with Crippen LogP contribution < -0.4 is 10.9 Å². The summed E-state index contributed by atoms with van der Waals surface area (Å²) in [5.74, 6) is 2.72. The molecule has 1 saturated heterocycles. The zero-order valence-electron chi connectivity index (χ0n) is 13.2. The standard InChI is InChI=1S/C16H23N3O3S/c20-13(7-19-9-23-8-14(19)21)17-18-15(22)16-4-10-1-11(5-16)3-12(2-10)6-16/h10-12H,1-9H2,(H,17,20)(H,18,22). The van der Waals surface area contributed by atoms with Crippen molar-refractivity contribution in [1.29, 1.82) is 0 Å². The summed E-state index contributed by atoms with van der Waals surface area (Å²) in [6.07, 6.45) is 6.78. The van der Waals surface area contributed by atoms with Crippen molar-refractivity contribution in [3.8, 4) is 0 Å². The Balaban J connectivity index is 1.32. The highest BCUT2D eigenvalue weighted by Crippen LogP contribution is 2.59. The molecule has 0 aromatic heterocycles. The molecule has 0 aromatic rings. The van der Waals surface area contributed by atoms with Gasteiger partial charge in [0.2, 0.25) is 11.8 Å². The number of hydrogen-bond acceptors (Lipinski definition) is 4. The zero-order chi connectivity index (χ0) is 16.0. The monoisotopic (exact) mass is 337 g/mol. The van der Waals surface area contributed by atoms with Gasteiger partial charge in [-0.2, -0.15) is 0 Å². The SMILES string of the molecule is O=C(CN1CSCC1=O)NNC(=O)C12CC3CC(CC(C3)C1)C2. The molecular formula is C16H23N3O3S. The third-order valence-electron chi connectivity index (χ3n) is 6.00. The minimum atomic E-state index is -0.320. The summed E-state index contributed by atoms with van der Waals surface area (Å²) in [7, 11) is 0. The average molecular weight is 337 g/mol. The first-order chi connectivity index (χ1) is 11.0. The van der Waals surface area contributed by atoms with Crippen molar-refractivity contribution in [3.05, 3.63) is 0 Å². The molecule has 4 aliphatic carbocycles. The van der Waals surface area contributed by atoms with Gasteiger partial charge in [0.15, 0.2) is 0 Å². The summed E-state index contributed by atoms with van der Waals surface area (Å²) in [6, 6.07) is 0. The summed E-state index contributed by atoms with van der Waals surface area (Å²) >= 11 is 1.50. The Hall–Kier alpha value is -1.24. The molecule has 4 saturated carbocycles. The molecule has 0 atom stereocenters. The van der Waals surface area contributed by atoms with Crippen LogP contribution >= 0.6 is 11.8 Å². The highest BCUT2D eigenvalue weighted by Gasteiger charge is 2.54.